The topological polar surface area (TPSA) is 72.0 Å². The highest BCUT2D eigenvalue weighted by Crippen LogP contribution is 2.13. The zero-order valence-electron chi connectivity index (χ0n) is 12.5. The summed E-state index contributed by atoms with van der Waals surface area (Å²) in [6.07, 6.45) is 1.19. The summed E-state index contributed by atoms with van der Waals surface area (Å²) < 4.78 is 22.5. The van der Waals surface area contributed by atoms with Crippen LogP contribution in [0.1, 0.15) is 43.5 Å². The van der Waals surface area contributed by atoms with Gasteiger partial charge in [0.15, 0.2) is 9.84 Å². The van der Waals surface area contributed by atoms with Crippen LogP contribution < -0.4 is 5.32 Å². The van der Waals surface area contributed by atoms with Crippen LogP contribution in [0.15, 0.2) is 0 Å². The lowest BCUT2D eigenvalue weighted by molar-refractivity contribution is 0.422. The predicted molar refractivity (Wildman–Crippen MR) is 76.6 cm³/mol. The van der Waals surface area contributed by atoms with E-state index in [4.69, 9.17) is 0 Å². The van der Waals surface area contributed by atoms with Gasteiger partial charge in [-0.2, -0.15) is 0 Å². The average Bonchev–Trinajstić information content (AvgIpc) is 2.10. The van der Waals surface area contributed by atoms with Crippen LogP contribution in [0.5, 0.6) is 0 Å². The largest absolute Gasteiger partial charge is 0.308 e. The van der Waals surface area contributed by atoms with Gasteiger partial charge in [-0.1, -0.05) is 0 Å². The van der Waals surface area contributed by atoms with Gasteiger partial charge in [-0.3, -0.25) is 0 Å². The molecule has 0 aliphatic rings. The summed E-state index contributed by atoms with van der Waals surface area (Å²) in [7, 11) is -3.10. The summed E-state index contributed by atoms with van der Waals surface area (Å²) in [4.78, 5) is 8.58. The van der Waals surface area contributed by atoms with Gasteiger partial charge in [0.1, 0.15) is 11.6 Å². The van der Waals surface area contributed by atoms with Gasteiger partial charge >= 0.3 is 0 Å². The first-order valence-corrected chi connectivity index (χ1v) is 8.30. The molecule has 5 nitrogen and oxygen atoms in total. The van der Waals surface area contributed by atoms with E-state index >= 15 is 0 Å². The number of nitrogens with zero attached hydrogens (tertiary/aromatic N) is 2. The van der Waals surface area contributed by atoms with Crippen LogP contribution in [-0.4, -0.2) is 30.2 Å². The summed E-state index contributed by atoms with van der Waals surface area (Å²) in [6, 6.07) is 0. The fourth-order valence-corrected chi connectivity index (χ4v) is 2.32. The van der Waals surface area contributed by atoms with Gasteiger partial charge in [0.05, 0.1) is 0 Å². The molecule has 0 fully saturated rings. The van der Waals surface area contributed by atoms with Crippen LogP contribution in [0.4, 0.5) is 0 Å². The first kappa shape index (κ1) is 16.0. The summed E-state index contributed by atoms with van der Waals surface area (Å²) >= 11 is 0. The fourth-order valence-electron chi connectivity index (χ4n) is 1.72. The molecular formula is C13H23N3O2S. The quantitative estimate of drug-likeness (QED) is 0.908. The minimum Gasteiger partial charge on any atom is -0.308 e. The maximum absolute atomic E-state index is 11.3. The highest BCUT2D eigenvalue weighted by atomic mass is 32.2. The van der Waals surface area contributed by atoms with Gasteiger partial charge < -0.3 is 5.32 Å². The van der Waals surface area contributed by atoms with E-state index in [0.29, 0.717) is 12.4 Å². The van der Waals surface area contributed by atoms with Crippen molar-refractivity contribution >= 4 is 9.84 Å². The molecule has 0 saturated carbocycles. The van der Waals surface area contributed by atoms with Gasteiger partial charge in [-0.25, -0.2) is 18.4 Å². The van der Waals surface area contributed by atoms with Crippen molar-refractivity contribution in [3.63, 3.8) is 0 Å². The molecule has 19 heavy (non-hydrogen) atoms. The van der Waals surface area contributed by atoms with Crippen molar-refractivity contribution in [2.75, 3.05) is 6.26 Å². The maximum atomic E-state index is 11.3. The molecule has 0 atom stereocenters. The number of rotatable bonds is 4. The Balaban J connectivity index is 2.98. The Morgan fingerprint density at radius 1 is 1.11 bits per heavy atom. The van der Waals surface area contributed by atoms with E-state index in [2.05, 4.69) is 36.1 Å². The Morgan fingerprint density at radius 3 is 1.95 bits per heavy atom. The van der Waals surface area contributed by atoms with Crippen LogP contribution >= 0.6 is 0 Å². The second-order valence-corrected chi connectivity index (χ2v) is 8.10. The Bertz CT molecular complexity index is 537. The van der Waals surface area contributed by atoms with Gasteiger partial charge in [-0.15, -0.1) is 0 Å². The van der Waals surface area contributed by atoms with Gasteiger partial charge in [-0.05, 0) is 34.6 Å². The first-order valence-electron chi connectivity index (χ1n) is 6.24. The van der Waals surface area contributed by atoms with E-state index in [0.717, 1.165) is 17.0 Å². The molecule has 0 unspecified atom stereocenters. The molecule has 1 heterocycles. The zero-order chi connectivity index (χ0) is 14.8. The molecule has 0 aromatic carbocycles. The van der Waals surface area contributed by atoms with E-state index in [9.17, 15) is 8.42 Å². The van der Waals surface area contributed by atoms with Crippen molar-refractivity contribution in [1.82, 2.24) is 15.3 Å². The van der Waals surface area contributed by atoms with E-state index in [1.165, 1.54) is 6.26 Å². The lowest BCUT2D eigenvalue weighted by atomic mass is 10.1. The number of hydrogen-bond acceptors (Lipinski definition) is 5. The first-order chi connectivity index (χ1) is 8.48. The van der Waals surface area contributed by atoms with Gasteiger partial charge in [0, 0.05) is 35.3 Å². The van der Waals surface area contributed by atoms with Gasteiger partial charge in [0.25, 0.3) is 0 Å². The molecule has 0 aliphatic heterocycles. The van der Waals surface area contributed by atoms with Crippen molar-refractivity contribution in [2.24, 2.45) is 0 Å². The number of nitrogens with one attached hydrogen (secondary N) is 1. The van der Waals surface area contributed by atoms with Crippen LogP contribution in [0.3, 0.4) is 0 Å². The minimum atomic E-state index is -3.10. The second kappa shape index (κ2) is 5.54. The van der Waals surface area contributed by atoms with E-state index in [1.54, 1.807) is 0 Å². The van der Waals surface area contributed by atoms with Crippen molar-refractivity contribution < 1.29 is 8.42 Å². The summed E-state index contributed by atoms with van der Waals surface area (Å²) in [5.74, 6) is 0.263. The van der Waals surface area contributed by atoms with Crippen LogP contribution in [0.25, 0.3) is 0 Å². The maximum Gasteiger partial charge on any atom is 0.154 e. The van der Waals surface area contributed by atoms with Crippen molar-refractivity contribution in [3.8, 4) is 0 Å². The molecule has 6 heteroatoms. The molecule has 0 saturated heterocycles. The third kappa shape index (κ3) is 5.65. The molecule has 0 bridgehead atoms. The van der Waals surface area contributed by atoms with E-state index < -0.39 is 9.84 Å². The molecule has 0 amide bonds. The molecule has 1 N–H and O–H groups in total. The second-order valence-electron chi connectivity index (χ2n) is 5.96. The third-order valence-corrected chi connectivity index (χ3v) is 3.44. The van der Waals surface area contributed by atoms with Crippen LogP contribution in [-0.2, 0) is 22.1 Å². The number of aryl methyl sites for hydroxylation is 2. The number of sulfone groups is 1. The molecule has 0 radical (unpaired) electrons. The van der Waals surface area contributed by atoms with E-state index in [1.807, 2.05) is 13.8 Å². The van der Waals surface area contributed by atoms with Crippen molar-refractivity contribution in [1.29, 1.82) is 0 Å². The smallest absolute Gasteiger partial charge is 0.154 e. The zero-order valence-corrected chi connectivity index (χ0v) is 13.3. The Kier molecular flexibility index (Phi) is 4.68. The molecule has 1 aromatic rings. The number of hydrogen-bond donors (Lipinski definition) is 1. The molecule has 0 spiro atoms. The lowest BCUT2D eigenvalue weighted by Crippen LogP contribution is -2.35. The Morgan fingerprint density at radius 2 is 1.58 bits per heavy atom. The standard InChI is InChI=1S/C13H23N3O2S/c1-9-11(7-14-13(3,4)5)10(2)16-12(15-9)8-19(6,17)18/h14H,7-8H2,1-6H3. The highest BCUT2D eigenvalue weighted by molar-refractivity contribution is 7.89. The SMILES string of the molecule is Cc1nc(CS(C)(=O)=O)nc(C)c1CNC(C)(C)C. The molecule has 0 aliphatic carbocycles. The molecule has 108 valence electrons. The molecule has 1 rings (SSSR count). The predicted octanol–water partition coefficient (Wildman–Crippen LogP) is 1.53. The summed E-state index contributed by atoms with van der Waals surface area (Å²) in [5, 5.41) is 3.39. The van der Waals surface area contributed by atoms with Crippen molar-refractivity contribution in [3.05, 3.63) is 22.8 Å². The lowest BCUT2D eigenvalue weighted by Gasteiger charge is -2.21. The third-order valence-electron chi connectivity index (χ3n) is 2.65. The number of aromatic nitrogens is 2. The average molecular weight is 285 g/mol. The fraction of sp³-hybridized carbons (Fsp3) is 0.692. The Labute approximate surface area is 115 Å². The summed E-state index contributed by atoms with van der Waals surface area (Å²) in [6.45, 7) is 10.7. The summed E-state index contributed by atoms with van der Waals surface area (Å²) in [5.41, 5.74) is 2.72. The van der Waals surface area contributed by atoms with E-state index in [-0.39, 0.29) is 11.3 Å². The monoisotopic (exact) mass is 285 g/mol. The Hall–Kier alpha value is -1.01. The highest BCUT2D eigenvalue weighted by Gasteiger charge is 2.15. The van der Waals surface area contributed by atoms with Crippen LogP contribution in [0.2, 0.25) is 0 Å². The minimum absolute atomic E-state index is 0.0182. The molecular weight excluding hydrogens is 262 g/mol. The van der Waals surface area contributed by atoms with Gasteiger partial charge in [0.2, 0.25) is 0 Å². The van der Waals surface area contributed by atoms with Crippen LogP contribution in [0, 0.1) is 13.8 Å². The molecule has 1 aromatic heterocycles. The normalized spacial score (nSPS) is 12.7. The van der Waals surface area contributed by atoms with Crippen molar-refractivity contribution in [2.45, 2.75) is 52.5 Å².